The third-order valence-electron chi connectivity index (χ3n) is 14.1. The number of fused-ring (bicyclic) bond motifs is 8. The van der Waals surface area contributed by atoms with Gasteiger partial charge in [-0.15, -0.1) is 0 Å². The number of aryl methyl sites for hydroxylation is 3. The van der Waals surface area contributed by atoms with Crippen LogP contribution in [0.25, 0.3) is 90.9 Å². The number of aromatic amines is 2. The molecule has 1 aliphatic carbocycles. The van der Waals surface area contributed by atoms with Crippen molar-refractivity contribution in [2.24, 2.45) is 0 Å². The molecule has 6 aromatic carbocycles. The molecule has 10 nitrogen and oxygen atoms in total. The number of nitrogens with zero attached hydrogens (tertiary/aromatic N) is 2. The average molecular weight is 1010 g/mol. The van der Waals surface area contributed by atoms with Gasteiger partial charge < -0.3 is 25.9 Å². The van der Waals surface area contributed by atoms with E-state index in [1.165, 1.54) is 24.2 Å². The van der Waals surface area contributed by atoms with Crippen LogP contribution in [0.5, 0.6) is 0 Å². The van der Waals surface area contributed by atoms with Crippen LogP contribution in [0.4, 0.5) is 17.1 Å². The molecule has 0 unspecified atom stereocenters. The molecule has 1 saturated carbocycles. The first-order valence-corrected chi connectivity index (χ1v) is 25.7. The zero-order valence-electron chi connectivity index (χ0n) is 43.0. The van der Waals surface area contributed by atoms with Gasteiger partial charge in [0.25, 0.3) is 0 Å². The average Bonchev–Trinajstić information content (AvgIpc) is 4.46. The summed E-state index contributed by atoms with van der Waals surface area (Å²) in [5.74, 6) is -2.08. The van der Waals surface area contributed by atoms with Gasteiger partial charge in [-0.05, 0) is 128 Å². The lowest BCUT2D eigenvalue weighted by molar-refractivity contribution is -0.124. The van der Waals surface area contributed by atoms with E-state index in [9.17, 15) is 14.4 Å². The number of hydrogen-bond acceptors (Lipinski definition) is 8. The molecular formula is C68H51N7O3. The molecule has 9 aromatic rings. The number of Topliss-reactive ketones (excluding diaryl/α,β-unsaturated/α-hetero) is 3. The van der Waals surface area contributed by atoms with Crippen molar-refractivity contribution in [3.63, 3.8) is 0 Å². The van der Waals surface area contributed by atoms with Crippen LogP contribution in [0.15, 0.2) is 217 Å². The highest BCUT2D eigenvalue weighted by Crippen LogP contribution is 2.39. The minimum absolute atomic E-state index is 0.171. The number of benzene rings is 6. The first-order chi connectivity index (χ1) is 38.1. The fourth-order valence-electron chi connectivity index (χ4n) is 9.99. The first-order valence-electron chi connectivity index (χ1n) is 25.7. The monoisotopic (exact) mass is 1010 g/mol. The fourth-order valence-corrected chi connectivity index (χ4v) is 9.99. The van der Waals surface area contributed by atoms with Gasteiger partial charge in [0.15, 0.2) is 0 Å². The van der Waals surface area contributed by atoms with Crippen molar-refractivity contribution in [1.29, 1.82) is 0 Å². The molecule has 0 saturated heterocycles. The number of anilines is 3. The largest absolute Gasteiger partial charge is 0.361 e. The highest BCUT2D eigenvalue weighted by molar-refractivity contribution is 6.51. The second-order valence-electron chi connectivity index (χ2n) is 19.5. The van der Waals surface area contributed by atoms with Gasteiger partial charge in [-0.25, -0.2) is 9.97 Å². The SMILES string of the molecule is Cc1ccc(N/C=C2\C(=O)C(=CNc3ccc(-c4c5nc(c(-c6ccccc6)c6ccc([nH]6)c(-c6ccc(C)cc6)c6nc(c(-c7ccccc7)c7ccc4[nH]7)C=C6)C=C5)cc3)C(=O)/C(=C/Nc3ccc(C)cc3)C2=O)cc1. The predicted molar refractivity (Wildman–Crippen MR) is 318 cm³/mol. The summed E-state index contributed by atoms with van der Waals surface area (Å²) in [4.78, 5) is 60.8. The lowest BCUT2D eigenvalue weighted by Gasteiger charge is -2.18. The fraction of sp³-hybridized carbons (Fsp3) is 0.0441. The number of carbonyl (C=O) groups is 3. The number of H-pyrrole nitrogens is 2. The maximum Gasteiger partial charge on any atom is 0.203 e. The molecule has 2 aliphatic heterocycles. The molecule has 8 bridgehead atoms. The lowest BCUT2D eigenvalue weighted by atomic mass is 9.84. The van der Waals surface area contributed by atoms with E-state index in [-0.39, 0.29) is 16.7 Å². The van der Waals surface area contributed by atoms with Crippen molar-refractivity contribution < 1.29 is 14.4 Å². The number of nitrogens with one attached hydrogen (secondary N) is 5. The summed E-state index contributed by atoms with van der Waals surface area (Å²) < 4.78 is 0. The highest BCUT2D eigenvalue weighted by Gasteiger charge is 2.38. The van der Waals surface area contributed by atoms with Crippen molar-refractivity contribution in [1.82, 2.24) is 19.9 Å². The zero-order valence-corrected chi connectivity index (χ0v) is 43.0. The Labute approximate surface area is 451 Å². The van der Waals surface area contributed by atoms with E-state index in [0.29, 0.717) is 17.1 Å². The van der Waals surface area contributed by atoms with Crippen molar-refractivity contribution in [2.75, 3.05) is 16.0 Å². The molecule has 12 rings (SSSR count). The summed E-state index contributed by atoms with van der Waals surface area (Å²) >= 11 is 0. The van der Waals surface area contributed by atoms with Gasteiger partial charge in [-0.2, -0.15) is 0 Å². The summed E-state index contributed by atoms with van der Waals surface area (Å²) in [6, 6.07) is 60.5. The molecule has 376 valence electrons. The Bertz CT molecular complexity index is 4080. The summed E-state index contributed by atoms with van der Waals surface area (Å²) in [5.41, 5.74) is 19.1. The van der Waals surface area contributed by atoms with E-state index < -0.39 is 17.3 Å². The Hall–Kier alpha value is -10.5. The Kier molecular flexibility index (Phi) is 12.9. The summed E-state index contributed by atoms with van der Waals surface area (Å²) in [6.45, 7) is 6.05. The molecule has 5 N–H and O–H groups in total. The summed E-state index contributed by atoms with van der Waals surface area (Å²) in [5, 5.41) is 9.38. The van der Waals surface area contributed by atoms with E-state index in [1.807, 2.05) is 123 Å². The second-order valence-corrected chi connectivity index (χ2v) is 19.5. The van der Waals surface area contributed by atoms with Gasteiger partial charge in [-0.3, -0.25) is 14.4 Å². The first kappa shape index (κ1) is 48.5. The molecule has 1 fully saturated rings. The Morgan fingerprint density at radius 2 is 0.577 bits per heavy atom. The molecule has 10 heteroatoms. The van der Waals surface area contributed by atoms with Gasteiger partial charge in [0.05, 0.1) is 39.5 Å². The second kappa shape index (κ2) is 20.7. The third-order valence-corrected chi connectivity index (χ3v) is 14.1. The minimum Gasteiger partial charge on any atom is -0.361 e. The molecule has 3 aromatic heterocycles. The molecule has 78 heavy (non-hydrogen) atoms. The molecule has 0 amide bonds. The number of aromatic nitrogens is 4. The number of ketones is 3. The van der Waals surface area contributed by atoms with Crippen LogP contribution in [0.1, 0.15) is 39.5 Å². The van der Waals surface area contributed by atoms with Crippen LogP contribution >= 0.6 is 0 Å². The minimum atomic E-state index is -0.699. The van der Waals surface area contributed by atoms with Crippen LogP contribution in [-0.4, -0.2) is 37.3 Å². The van der Waals surface area contributed by atoms with Gasteiger partial charge in [0.2, 0.25) is 17.3 Å². The van der Waals surface area contributed by atoms with Gasteiger partial charge in [-0.1, -0.05) is 138 Å². The molecule has 0 spiro atoms. The van der Waals surface area contributed by atoms with E-state index in [4.69, 9.17) is 9.97 Å². The summed E-state index contributed by atoms with van der Waals surface area (Å²) in [6.07, 6.45) is 12.4. The Morgan fingerprint density at radius 3 is 0.885 bits per heavy atom. The number of carbonyl (C=O) groups excluding carboxylic acids is 3. The molecule has 3 aliphatic rings. The van der Waals surface area contributed by atoms with Crippen LogP contribution in [0.2, 0.25) is 0 Å². The normalized spacial score (nSPS) is 14.7. The predicted octanol–water partition coefficient (Wildman–Crippen LogP) is 15.3. The topological polar surface area (TPSA) is 145 Å². The number of rotatable bonds is 10. The van der Waals surface area contributed by atoms with Crippen molar-refractivity contribution in [3.05, 3.63) is 257 Å². The molecule has 0 atom stereocenters. The quantitative estimate of drug-likeness (QED) is 0.0673. The van der Waals surface area contributed by atoms with Crippen molar-refractivity contribution in [3.8, 4) is 44.5 Å². The smallest absolute Gasteiger partial charge is 0.203 e. The van der Waals surface area contributed by atoms with Crippen LogP contribution in [-0.2, 0) is 14.4 Å². The van der Waals surface area contributed by atoms with E-state index in [2.05, 4.69) is 130 Å². The summed E-state index contributed by atoms with van der Waals surface area (Å²) in [7, 11) is 0. The van der Waals surface area contributed by atoms with Crippen molar-refractivity contribution >= 4 is 80.8 Å². The highest BCUT2D eigenvalue weighted by atomic mass is 16.2. The van der Waals surface area contributed by atoms with Crippen molar-refractivity contribution in [2.45, 2.75) is 20.8 Å². The lowest BCUT2D eigenvalue weighted by Crippen LogP contribution is -2.33. The third kappa shape index (κ3) is 9.61. The Morgan fingerprint density at radius 1 is 0.321 bits per heavy atom. The maximum absolute atomic E-state index is 14.2. The standard InChI is InChI=1S/C68H51N7O3/c1-41-14-20-46(21-15-41)64-58-34-30-54(72-58)62(44-10-6-4-7-11-44)56-32-36-60(74-56)65(61-37-33-57(75-61)63(45-12-8-5-9-13-45)55-31-35-59(64)73-55)47-22-28-50(29-23-47)71-40-53-67(77)51(38-69-48-24-16-42(2)17-25-48)66(76)52(68(53)78)39-70-49-26-18-43(3)19-27-49/h4-40,69-72,75H,1-3H3/b51-38-,52-39+,53-40?,62-54?,62-56?,63-55?,63-57?,64-58?,64-59?,65-60?,65-61?. The van der Waals surface area contributed by atoms with Crippen LogP contribution < -0.4 is 16.0 Å². The molecule has 0 radical (unpaired) electrons. The molecule has 5 heterocycles. The van der Waals surface area contributed by atoms with Crippen LogP contribution in [0, 0.1) is 20.8 Å². The van der Waals surface area contributed by atoms with Gasteiger partial charge >= 0.3 is 0 Å². The van der Waals surface area contributed by atoms with E-state index in [0.717, 1.165) is 100 Å². The number of allylic oxidation sites excluding steroid dienone is 3. The van der Waals surface area contributed by atoms with Crippen LogP contribution in [0.3, 0.4) is 0 Å². The zero-order chi connectivity index (χ0) is 53.3. The number of hydrogen-bond donors (Lipinski definition) is 5. The van der Waals surface area contributed by atoms with E-state index in [1.54, 1.807) is 0 Å². The van der Waals surface area contributed by atoms with E-state index >= 15 is 0 Å². The Balaban J connectivity index is 0.990. The maximum atomic E-state index is 14.2. The molecular weight excluding hydrogens is 963 g/mol. The van der Waals surface area contributed by atoms with Gasteiger partial charge in [0.1, 0.15) is 0 Å². The van der Waals surface area contributed by atoms with Gasteiger partial charge in [0, 0.05) is 80.0 Å².